The highest BCUT2D eigenvalue weighted by Gasteiger charge is 2.43. The zero-order chi connectivity index (χ0) is 29.9. The SMILES string of the molecule is COc1cc(N)c(C(=N)C2=CCC(N3CC(C)(NCCC(F)F)C3)C(C#N)=C2)cc1O[C@H](C)c1c(Cl)cncc1Cl. The van der Waals surface area contributed by atoms with Crippen LogP contribution in [0.4, 0.5) is 14.5 Å². The summed E-state index contributed by atoms with van der Waals surface area (Å²) in [5.41, 5.74) is 8.57. The Morgan fingerprint density at radius 1 is 1.29 bits per heavy atom. The number of aromatic nitrogens is 1. The van der Waals surface area contributed by atoms with E-state index in [4.69, 9.17) is 43.8 Å². The van der Waals surface area contributed by atoms with E-state index in [1.165, 1.54) is 19.5 Å². The maximum atomic E-state index is 12.5. The Morgan fingerprint density at radius 3 is 2.59 bits per heavy atom. The third-order valence-corrected chi connectivity index (χ3v) is 7.92. The second kappa shape index (κ2) is 12.7. The van der Waals surface area contributed by atoms with Crippen molar-refractivity contribution < 1.29 is 18.3 Å². The average molecular weight is 606 g/mol. The highest BCUT2D eigenvalue weighted by molar-refractivity contribution is 6.35. The van der Waals surface area contributed by atoms with Gasteiger partial charge in [-0.25, -0.2) is 8.78 Å². The van der Waals surface area contributed by atoms with Crippen molar-refractivity contribution in [3.8, 4) is 17.6 Å². The van der Waals surface area contributed by atoms with E-state index in [9.17, 15) is 14.0 Å². The number of alkyl halides is 2. The molecule has 2 heterocycles. The fourth-order valence-corrected chi connectivity index (χ4v) is 5.91. The quantitative estimate of drug-likeness (QED) is 0.214. The van der Waals surface area contributed by atoms with Gasteiger partial charge in [-0.2, -0.15) is 5.26 Å². The first-order valence-electron chi connectivity index (χ1n) is 13.1. The molecule has 12 heteroatoms. The van der Waals surface area contributed by atoms with Gasteiger partial charge in [0.05, 0.1) is 28.9 Å². The number of allylic oxidation sites excluding steroid dienone is 2. The number of ether oxygens (including phenoxy) is 2. The molecule has 8 nitrogen and oxygen atoms in total. The number of benzene rings is 1. The van der Waals surface area contributed by atoms with Crippen molar-refractivity contribution in [2.24, 2.45) is 0 Å². The van der Waals surface area contributed by atoms with Gasteiger partial charge in [0.25, 0.3) is 0 Å². The molecule has 0 spiro atoms. The standard InChI is InChI=1S/C29H32Cl2F2N6O2/c1-16(27-20(30)12-37-13-21(27)31)41-25-9-19(22(35)10-24(25)40-3)28(36)17-4-5-23(18(8-17)11-34)39-14-29(2,15-39)38-7-6-26(32)33/h4,8-10,12-13,16,23,26,36,38H,5-7,14-15,35H2,1-3H3/t16-,23?/m1/s1. The second-order valence-corrected chi connectivity index (χ2v) is 11.3. The van der Waals surface area contributed by atoms with Crippen molar-refractivity contribution in [2.45, 2.75) is 50.8 Å². The molecule has 4 N–H and O–H groups in total. The van der Waals surface area contributed by atoms with Crippen LogP contribution in [-0.4, -0.2) is 60.3 Å². The molecule has 1 saturated heterocycles. The maximum absolute atomic E-state index is 12.5. The van der Waals surface area contributed by atoms with E-state index in [2.05, 4.69) is 21.3 Å². The maximum Gasteiger partial charge on any atom is 0.239 e. The highest BCUT2D eigenvalue weighted by Crippen LogP contribution is 2.39. The molecule has 41 heavy (non-hydrogen) atoms. The Balaban J connectivity index is 1.51. The summed E-state index contributed by atoms with van der Waals surface area (Å²) in [5, 5.41) is 22.8. The number of anilines is 1. The van der Waals surface area contributed by atoms with Gasteiger partial charge in [-0.3, -0.25) is 15.3 Å². The summed E-state index contributed by atoms with van der Waals surface area (Å²) in [6, 6.07) is 5.35. The van der Waals surface area contributed by atoms with Crippen LogP contribution in [0.15, 0.2) is 47.8 Å². The lowest BCUT2D eigenvalue weighted by molar-refractivity contribution is 0.0260. The van der Waals surface area contributed by atoms with Crippen LogP contribution < -0.4 is 20.5 Å². The third kappa shape index (κ3) is 6.81. The first-order valence-corrected chi connectivity index (χ1v) is 13.8. The molecule has 0 bridgehead atoms. The van der Waals surface area contributed by atoms with Crippen molar-refractivity contribution in [1.29, 1.82) is 10.7 Å². The number of nitrogen functional groups attached to an aromatic ring is 1. The number of methoxy groups -OCH3 is 1. The van der Waals surface area contributed by atoms with E-state index < -0.39 is 12.5 Å². The first kappa shape index (κ1) is 30.7. The second-order valence-electron chi connectivity index (χ2n) is 10.4. The Hall–Kier alpha value is -3.23. The molecule has 1 aromatic heterocycles. The minimum Gasteiger partial charge on any atom is -0.493 e. The molecule has 0 amide bonds. The molecule has 1 aliphatic carbocycles. The molecular weight excluding hydrogens is 573 g/mol. The number of nitriles is 1. The number of rotatable bonds is 11. The number of likely N-dealkylation sites (tertiary alicyclic amines) is 1. The van der Waals surface area contributed by atoms with Crippen molar-refractivity contribution in [2.75, 3.05) is 32.5 Å². The third-order valence-electron chi connectivity index (χ3n) is 7.31. The van der Waals surface area contributed by atoms with E-state index in [0.29, 0.717) is 69.0 Å². The lowest BCUT2D eigenvalue weighted by Crippen LogP contribution is -2.69. The van der Waals surface area contributed by atoms with Crippen LogP contribution >= 0.6 is 23.2 Å². The van der Waals surface area contributed by atoms with Gasteiger partial charge in [0.15, 0.2) is 11.5 Å². The molecule has 1 aliphatic heterocycles. The number of nitrogens with two attached hydrogens (primary N) is 1. The largest absolute Gasteiger partial charge is 0.493 e. The molecule has 0 radical (unpaired) electrons. The number of nitrogens with zero attached hydrogens (tertiary/aromatic N) is 3. The van der Waals surface area contributed by atoms with Crippen molar-refractivity contribution >= 4 is 34.6 Å². The molecular formula is C29H32Cl2F2N6O2. The van der Waals surface area contributed by atoms with Gasteiger partial charge in [0.2, 0.25) is 6.43 Å². The predicted octanol–water partition coefficient (Wildman–Crippen LogP) is 5.95. The summed E-state index contributed by atoms with van der Waals surface area (Å²) < 4.78 is 36.7. The Kier molecular flexibility index (Phi) is 9.55. The summed E-state index contributed by atoms with van der Waals surface area (Å²) in [5.74, 6) is 0.719. The van der Waals surface area contributed by atoms with Crippen LogP contribution in [-0.2, 0) is 0 Å². The molecule has 1 fully saturated rings. The van der Waals surface area contributed by atoms with E-state index in [-0.39, 0.29) is 30.3 Å². The van der Waals surface area contributed by atoms with Gasteiger partial charge in [0.1, 0.15) is 6.10 Å². The van der Waals surface area contributed by atoms with Gasteiger partial charge in [-0.15, -0.1) is 0 Å². The summed E-state index contributed by atoms with van der Waals surface area (Å²) in [6.07, 6.45) is 4.02. The summed E-state index contributed by atoms with van der Waals surface area (Å²) in [6.45, 7) is 5.29. The molecule has 218 valence electrons. The molecule has 4 rings (SSSR count). The fourth-order valence-electron chi connectivity index (χ4n) is 5.24. The monoisotopic (exact) mass is 604 g/mol. The van der Waals surface area contributed by atoms with Gasteiger partial charge in [-0.1, -0.05) is 29.3 Å². The smallest absolute Gasteiger partial charge is 0.239 e. The molecule has 2 aromatic rings. The number of pyridine rings is 1. The number of hydrogen-bond donors (Lipinski definition) is 3. The predicted molar refractivity (Wildman–Crippen MR) is 156 cm³/mol. The van der Waals surface area contributed by atoms with Crippen LogP contribution in [0.1, 0.15) is 43.9 Å². The topological polar surface area (TPSA) is 120 Å². The van der Waals surface area contributed by atoms with Gasteiger partial charge >= 0.3 is 0 Å². The summed E-state index contributed by atoms with van der Waals surface area (Å²) in [7, 11) is 1.49. The number of halogens is 4. The van der Waals surface area contributed by atoms with E-state index in [0.717, 1.165) is 0 Å². The minimum atomic E-state index is -2.34. The van der Waals surface area contributed by atoms with Crippen molar-refractivity contribution in [3.05, 3.63) is 69.0 Å². The summed E-state index contributed by atoms with van der Waals surface area (Å²) in [4.78, 5) is 6.12. The lowest BCUT2D eigenvalue weighted by atomic mass is 9.84. The minimum absolute atomic E-state index is 0.135. The van der Waals surface area contributed by atoms with Gasteiger partial charge in [0, 0.05) is 78.5 Å². The number of hydrogen-bond acceptors (Lipinski definition) is 8. The van der Waals surface area contributed by atoms with Crippen molar-refractivity contribution in [3.63, 3.8) is 0 Å². The normalized spacial score (nSPS) is 19.0. The van der Waals surface area contributed by atoms with E-state index >= 15 is 0 Å². The van der Waals surface area contributed by atoms with Gasteiger partial charge < -0.3 is 20.5 Å². The van der Waals surface area contributed by atoms with E-state index in [1.807, 2.05) is 13.0 Å². The first-order chi connectivity index (χ1) is 19.5. The Morgan fingerprint density at radius 2 is 1.98 bits per heavy atom. The van der Waals surface area contributed by atoms with Crippen LogP contribution in [0.5, 0.6) is 11.5 Å². The Bertz CT molecular complexity index is 1400. The highest BCUT2D eigenvalue weighted by atomic mass is 35.5. The van der Waals surface area contributed by atoms with Crippen LogP contribution in [0.25, 0.3) is 0 Å². The van der Waals surface area contributed by atoms with Crippen LogP contribution in [0, 0.1) is 16.7 Å². The zero-order valence-corrected chi connectivity index (χ0v) is 24.5. The lowest BCUT2D eigenvalue weighted by Gasteiger charge is -2.52. The van der Waals surface area contributed by atoms with E-state index in [1.54, 1.807) is 25.1 Å². The fraction of sp³-hybridized carbons (Fsp3) is 0.414. The molecule has 2 atom stereocenters. The number of nitrogens with one attached hydrogen (secondary N) is 2. The van der Waals surface area contributed by atoms with Crippen LogP contribution in [0.3, 0.4) is 0 Å². The van der Waals surface area contributed by atoms with Gasteiger partial charge in [-0.05, 0) is 38.0 Å². The molecule has 2 aliphatic rings. The van der Waals surface area contributed by atoms with Crippen molar-refractivity contribution in [1.82, 2.24) is 15.2 Å². The zero-order valence-electron chi connectivity index (χ0n) is 23.0. The van der Waals surface area contributed by atoms with Crippen LogP contribution in [0.2, 0.25) is 10.0 Å². The summed E-state index contributed by atoms with van der Waals surface area (Å²) >= 11 is 12.6. The molecule has 1 unspecified atom stereocenters. The average Bonchev–Trinajstić information content (AvgIpc) is 2.91. The molecule has 1 aromatic carbocycles. The molecule has 0 saturated carbocycles. The Labute approximate surface area is 248 Å².